The van der Waals surface area contributed by atoms with E-state index in [-0.39, 0.29) is 0 Å². The van der Waals surface area contributed by atoms with Crippen LogP contribution < -0.4 is 4.90 Å². The Labute approximate surface area is 203 Å². The number of anilines is 1. The lowest BCUT2D eigenvalue weighted by Crippen LogP contribution is -2.36. The molecule has 1 aromatic rings. The first-order valence-electron chi connectivity index (χ1n) is 14.6. The van der Waals surface area contributed by atoms with Crippen LogP contribution in [0.3, 0.4) is 0 Å². The molecule has 1 heteroatoms. The zero-order chi connectivity index (χ0) is 22.5. The molecule has 0 amide bonds. The van der Waals surface area contributed by atoms with Gasteiger partial charge in [-0.1, -0.05) is 87.6 Å². The van der Waals surface area contributed by atoms with E-state index in [4.69, 9.17) is 0 Å². The average Bonchev–Trinajstić information content (AvgIpc) is 2.91. The molecular weight excluding hydrogens is 398 g/mol. The van der Waals surface area contributed by atoms with Crippen molar-refractivity contribution >= 4 is 5.69 Å². The highest BCUT2D eigenvalue weighted by atomic mass is 15.1. The van der Waals surface area contributed by atoms with Gasteiger partial charge in [-0.2, -0.15) is 0 Å². The van der Waals surface area contributed by atoms with Crippen molar-refractivity contribution < 1.29 is 0 Å². The number of benzene rings is 1. The summed E-state index contributed by atoms with van der Waals surface area (Å²) in [7, 11) is 0. The molecule has 0 N–H and O–H groups in total. The topological polar surface area (TPSA) is 3.24 Å². The van der Waals surface area contributed by atoms with Crippen LogP contribution >= 0.6 is 0 Å². The van der Waals surface area contributed by atoms with Gasteiger partial charge >= 0.3 is 0 Å². The standard InChI is InChI=1S/C32H47N/c1-2-33(29-21-13-6-14-22-29)32-30(26-17-9-4-10-18-26)23-28(25-15-7-3-8-16-25)24-31(32)27-19-11-5-12-20-27/h6,13-14,21-23,25-27,31H,2-5,7-12,15-20,24H2,1H3. The Morgan fingerprint density at radius 1 is 0.697 bits per heavy atom. The highest BCUT2D eigenvalue weighted by molar-refractivity contribution is 5.56. The second-order valence-corrected chi connectivity index (χ2v) is 11.5. The van der Waals surface area contributed by atoms with Gasteiger partial charge < -0.3 is 4.90 Å². The Kier molecular flexibility index (Phi) is 7.95. The summed E-state index contributed by atoms with van der Waals surface area (Å²) in [5.41, 5.74) is 6.81. The van der Waals surface area contributed by atoms with Crippen molar-refractivity contribution in [1.29, 1.82) is 0 Å². The molecule has 4 aliphatic rings. The molecule has 0 bridgehead atoms. The van der Waals surface area contributed by atoms with Gasteiger partial charge in [0.05, 0.1) is 0 Å². The largest absolute Gasteiger partial charge is 0.345 e. The molecule has 3 saturated carbocycles. The van der Waals surface area contributed by atoms with Gasteiger partial charge in [-0.25, -0.2) is 0 Å². The van der Waals surface area contributed by atoms with E-state index < -0.39 is 0 Å². The normalized spacial score (nSPS) is 26.3. The second kappa shape index (κ2) is 11.3. The van der Waals surface area contributed by atoms with E-state index >= 15 is 0 Å². The number of para-hydroxylation sites is 1. The minimum absolute atomic E-state index is 0.740. The smallest absolute Gasteiger partial charge is 0.0408 e. The third kappa shape index (κ3) is 5.28. The summed E-state index contributed by atoms with van der Waals surface area (Å²) in [6.45, 7) is 3.47. The van der Waals surface area contributed by atoms with Gasteiger partial charge in [0, 0.05) is 23.8 Å². The summed E-state index contributed by atoms with van der Waals surface area (Å²) in [6.07, 6.45) is 25.8. The van der Waals surface area contributed by atoms with Crippen LogP contribution in [-0.4, -0.2) is 6.54 Å². The van der Waals surface area contributed by atoms with Crippen LogP contribution in [0.1, 0.15) is 110 Å². The van der Waals surface area contributed by atoms with Gasteiger partial charge in [-0.3, -0.25) is 0 Å². The Morgan fingerprint density at radius 3 is 1.88 bits per heavy atom. The molecule has 180 valence electrons. The van der Waals surface area contributed by atoms with Gasteiger partial charge in [-0.05, 0) is 87.3 Å². The van der Waals surface area contributed by atoms with Crippen molar-refractivity contribution in [1.82, 2.24) is 0 Å². The molecule has 0 saturated heterocycles. The first-order valence-corrected chi connectivity index (χ1v) is 14.6. The van der Waals surface area contributed by atoms with E-state index in [2.05, 4.69) is 48.2 Å². The van der Waals surface area contributed by atoms with Crippen molar-refractivity contribution in [3.8, 4) is 0 Å². The van der Waals surface area contributed by atoms with Gasteiger partial charge in [0.2, 0.25) is 0 Å². The zero-order valence-corrected chi connectivity index (χ0v) is 21.2. The number of hydrogen-bond acceptors (Lipinski definition) is 1. The lowest BCUT2D eigenvalue weighted by molar-refractivity contribution is 0.255. The molecule has 4 aliphatic carbocycles. The highest BCUT2D eigenvalue weighted by Gasteiger charge is 2.38. The lowest BCUT2D eigenvalue weighted by atomic mass is 9.66. The van der Waals surface area contributed by atoms with Gasteiger partial charge in [-0.15, -0.1) is 0 Å². The van der Waals surface area contributed by atoms with Crippen LogP contribution in [0.2, 0.25) is 0 Å². The molecule has 0 spiro atoms. The van der Waals surface area contributed by atoms with Crippen LogP contribution in [0.4, 0.5) is 5.69 Å². The van der Waals surface area contributed by atoms with Gasteiger partial charge in [0.1, 0.15) is 0 Å². The zero-order valence-electron chi connectivity index (χ0n) is 21.2. The van der Waals surface area contributed by atoms with Crippen LogP contribution in [0.15, 0.2) is 53.3 Å². The van der Waals surface area contributed by atoms with E-state index in [1.165, 1.54) is 108 Å². The van der Waals surface area contributed by atoms with E-state index in [0.717, 1.165) is 30.2 Å². The summed E-state index contributed by atoms with van der Waals surface area (Å²) in [4.78, 5) is 2.75. The molecule has 1 unspecified atom stereocenters. The number of nitrogens with zero attached hydrogens (tertiary/aromatic N) is 1. The fourth-order valence-electron chi connectivity index (χ4n) is 7.78. The Bertz CT molecular complexity index is 800. The van der Waals surface area contributed by atoms with Crippen LogP contribution in [0.5, 0.6) is 0 Å². The molecule has 1 atom stereocenters. The third-order valence-corrected chi connectivity index (χ3v) is 9.51. The maximum atomic E-state index is 2.80. The molecule has 1 nitrogen and oxygen atoms in total. The van der Waals surface area contributed by atoms with Crippen LogP contribution in [-0.2, 0) is 0 Å². The minimum Gasteiger partial charge on any atom is -0.345 e. The van der Waals surface area contributed by atoms with Crippen molar-refractivity contribution in [2.24, 2.45) is 23.7 Å². The lowest BCUT2D eigenvalue weighted by Gasteiger charge is -2.44. The van der Waals surface area contributed by atoms with Crippen molar-refractivity contribution in [3.05, 3.63) is 53.3 Å². The van der Waals surface area contributed by atoms with E-state index in [1.54, 1.807) is 11.3 Å². The molecular formula is C32H47N. The monoisotopic (exact) mass is 445 g/mol. The van der Waals surface area contributed by atoms with Crippen molar-refractivity contribution in [3.63, 3.8) is 0 Å². The minimum atomic E-state index is 0.740. The van der Waals surface area contributed by atoms with Crippen molar-refractivity contribution in [2.45, 2.75) is 110 Å². The van der Waals surface area contributed by atoms with Crippen molar-refractivity contribution in [2.75, 3.05) is 11.4 Å². The Balaban J connectivity index is 1.61. The summed E-state index contributed by atoms with van der Waals surface area (Å²) in [5, 5.41) is 0. The fraction of sp³-hybridized carbons (Fsp3) is 0.688. The SMILES string of the molecule is CCN(C1=C(C2CCCCC2)C=C(C2CCCCC2)CC1C1CCCCC1)c1ccccc1. The van der Waals surface area contributed by atoms with Gasteiger partial charge in [0.25, 0.3) is 0 Å². The quantitative estimate of drug-likeness (QED) is 0.421. The summed E-state index contributed by atoms with van der Waals surface area (Å²) < 4.78 is 0. The van der Waals surface area contributed by atoms with Crippen LogP contribution in [0.25, 0.3) is 0 Å². The number of hydrogen-bond donors (Lipinski definition) is 0. The Morgan fingerprint density at radius 2 is 1.27 bits per heavy atom. The fourth-order valence-corrected chi connectivity index (χ4v) is 7.78. The third-order valence-electron chi connectivity index (χ3n) is 9.51. The molecule has 0 heterocycles. The highest BCUT2D eigenvalue weighted by Crippen LogP contribution is 2.49. The molecule has 33 heavy (non-hydrogen) atoms. The number of rotatable bonds is 6. The summed E-state index contributed by atoms with van der Waals surface area (Å²) in [6, 6.07) is 11.4. The Hall–Kier alpha value is -1.50. The van der Waals surface area contributed by atoms with E-state index in [0.29, 0.717) is 0 Å². The maximum Gasteiger partial charge on any atom is 0.0408 e. The van der Waals surface area contributed by atoms with Gasteiger partial charge in [0.15, 0.2) is 0 Å². The van der Waals surface area contributed by atoms with E-state index in [1.807, 2.05) is 5.57 Å². The molecule has 0 radical (unpaired) electrons. The first-order chi connectivity index (χ1) is 16.3. The predicted molar refractivity (Wildman–Crippen MR) is 142 cm³/mol. The van der Waals surface area contributed by atoms with Crippen LogP contribution in [0, 0.1) is 23.7 Å². The molecule has 5 rings (SSSR count). The number of allylic oxidation sites excluding steroid dienone is 4. The maximum absolute atomic E-state index is 2.80. The average molecular weight is 446 g/mol. The van der Waals surface area contributed by atoms with E-state index in [9.17, 15) is 0 Å². The second-order valence-electron chi connectivity index (χ2n) is 11.5. The molecule has 1 aromatic carbocycles. The summed E-state index contributed by atoms with van der Waals surface area (Å²) in [5.74, 6) is 3.29. The predicted octanol–water partition coefficient (Wildman–Crippen LogP) is 9.45. The molecule has 0 aliphatic heterocycles. The summed E-state index contributed by atoms with van der Waals surface area (Å²) >= 11 is 0. The molecule has 3 fully saturated rings. The first kappa shape index (κ1) is 23.3. The molecule has 0 aromatic heterocycles.